The molecule has 0 fully saturated rings. The number of carbonyl (C=O) groups excluding carboxylic acids is 2. The Morgan fingerprint density at radius 1 is 1.00 bits per heavy atom. The van der Waals surface area contributed by atoms with Gasteiger partial charge >= 0.3 is 0 Å². The lowest BCUT2D eigenvalue weighted by Crippen LogP contribution is -2.37. The first kappa shape index (κ1) is 20.1. The van der Waals surface area contributed by atoms with E-state index < -0.39 is 5.91 Å². The van der Waals surface area contributed by atoms with E-state index in [2.05, 4.69) is 21.7 Å². The second-order valence-electron chi connectivity index (χ2n) is 7.17. The first-order valence-corrected chi connectivity index (χ1v) is 10.7. The lowest BCUT2D eigenvalue weighted by molar-refractivity contribution is 0.0946. The molecule has 1 aliphatic rings. The standard InChI is InChI=1S/C23H23N3O3S/c24-22(27)16-1-5-19(6-2-16)29-20-7-3-17(4-8-20)23(28)25-11-13-26-12-9-21-18(15-26)10-14-30-21/h1-8,10,14H,9,11-13,15H2,(H2,24,27)(H,25,28). The highest BCUT2D eigenvalue weighted by Crippen LogP contribution is 2.24. The number of hydrogen-bond acceptors (Lipinski definition) is 5. The molecule has 0 atom stereocenters. The third-order valence-corrected chi connectivity index (χ3v) is 6.11. The van der Waals surface area contributed by atoms with Gasteiger partial charge in [-0.3, -0.25) is 14.5 Å². The van der Waals surface area contributed by atoms with Crippen LogP contribution in [0, 0.1) is 0 Å². The number of amides is 2. The fourth-order valence-corrected chi connectivity index (χ4v) is 4.31. The van der Waals surface area contributed by atoms with Crippen LogP contribution in [-0.4, -0.2) is 36.3 Å². The van der Waals surface area contributed by atoms with Crippen molar-refractivity contribution in [2.24, 2.45) is 5.73 Å². The molecule has 2 amide bonds. The summed E-state index contributed by atoms with van der Waals surface area (Å²) in [5, 5.41) is 5.14. The molecule has 0 saturated heterocycles. The zero-order chi connectivity index (χ0) is 20.9. The molecule has 3 N–H and O–H groups in total. The summed E-state index contributed by atoms with van der Waals surface area (Å²) < 4.78 is 5.74. The minimum Gasteiger partial charge on any atom is -0.457 e. The van der Waals surface area contributed by atoms with Gasteiger partial charge in [-0.1, -0.05) is 0 Å². The van der Waals surface area contributed by atoms with Crippen molar-refractivity contribution >= 4 is 23.2 Å². The van der Waals surface area contributed by atoms with Crippen LogP contribution in [0.15, 0.2) is 60.0 Å². The van der Waals surface area contributed by atoms with Crippen LogP contribution in [0.4, 0.5) is 0 Å². The summed E-state index contributed by atoms with van der Waals surface area (Å²) in [4.78, 5) is 27.4. The summed E-state index contributed by atoms with van der Waals surface area (Å²) in [5.41, 5.74) is 7.66. The van der Waals surface area contributed by atoms with Gasteiger partial charge in [0, 0.05) is 42.2 Å². The Balaban J connectivity index is 1.25. The third kappa shape index (κ3) is 4.87. The van der Waals surface area contributed by atoms with Gasteiger partial charge in [-0.2, -0.15) is 0 Å². The molecular formula is C23H23N3O3S. The molecule has 2 heterocycles. The predicted molar refractivity (Wildman–Crippen MR) is 117 cm³/mol. The summed E-state index contributed by atoms with van der Waals surface area (Å²) in [6, 6.07) is 15.8. The fourth-order valence-electron chi connectivity index (χ4n) is 3.43. The number of rotatable bonds is 7. The van der Waals surface area contributed by atoms with Gasteiger partial charge in [0.25, 0.3) is 5.91 Å². The molecule has 1 aromatic heterocycles. The van der Waals surface area contributed by atoms with Gasteiger partial charge < -0.3 is 15.8 Å². The number of primary amides is 1. The number of fused-ring (bicyclic) bond motifs is 1. The molecular weight excluding hydrogens is 398 g/mol. The van der Waals surface area contributed by atoms with Gasteiger partial charge in [-0.05, 0) is 72.0 Å². The molecule has 154 valence electrons. The van der Waals surface area contributed by atoms with Crippen LogP contribution in [0.2, 0.25) is 0 Å². The second-order valence-corrected chi connectivity index (χ2v) is 8.17. The molecule has 0 aliphatic carbocycles. The van der Waals surface area contributed by atoms with Crippen molar-refractivity contribution in [3.8, 4) is 11.5 Å². The van der Waals surface area contributed by atoms with Gasteiger partial charge in [0.1, 0.15) is 11.5 Å². The van der Waals surface area contributed by atoms with Crippen molar-refractivity contribution in [1.29, 1.82) is 0 Å². The minimum atomic E-state index is -0.478. The summed E-state index contributed by atoms with van der Waals surface area (Å²) in [6.07, 6.45) is 1.09. The van der Waals surface area contributed by atoms with Gasteiger partial charge in [-0.15, -0.1) is 11.3 Å². The largest absolute Gasteiger partial charge is 0.457 e. The van der Waals surface area contributed by atoms with Crippen LogP contribution in [0.5, 0.6) is 11.5 Å². The number of thiophene rings is 1. The number of ether oxygens (including phenoxy) is 1. The first-order valence-electron chi connectivity index (χ1n) is 9.82. The maximum Gasteiger partial charge on any atom is 0.251 e. The van der Waals surface area contributed by atoms with Crippen LogP contribution in [0.1, 0.15) is 31.2 Å². The number of nitrogens with zero attached hydrogens (tertiary/aromatic N) is 1. The van der Waals surface area contributed by atoms with E-state index in [-0.39, 0.29) is 5.91 Å². The molecule has 0 spiro atoms. The molecule has 0 radical (unpaired) electrons. The quantitative estimate of drug-likeness (QED) is 0.612. The first-order chi connectivity index (χ1) is 14.6. The molecule has 6 nitrogen and oxygen atoms in total. The second kappa shape index (κ2) is 9.11. The topological polar surface area (TPSA) is 84.7 Å². The van der Waals surface area contributed by atoms with E-state index in [0.29, 0.717) is 29.2 Å². The van der Waals surface area contributed by atoms with Crippen LogP contribution >= 0.6 is 11.3 Å². The summed E-state index contributed by atoms with van der Waals surface area (Å²) in [5.74, 6) is 0.625. The van der Waals surface area contributed by atoms with Gasteiger partial charge in [0.05, 0.1) is 0 Å². The van der Waals surface area contributed by atoms with E-state index in [1.54, 1.807) is 48.5 Å². The SMILES string of the molecule is NC(=O)c1ccc(Oc2ccc(C(=O)NCCN3CCc4sccc4C3)cc2)cc1. The van der Waals surface area contributed by atoms with E-state index in [4.69, 9.17) is 10.5 Å². The van der Waals surface area contributed by atoms with Gasteiger partial charge in [-0.25, -0.2) is 0 Å². The third-order valence-electron chi connectivity index (χ3n) is 5.09. The van der Waals surface area contributed by atoms with Crippen molar-refractivity contribution < 1.29 is 14.3 Å². The predicted octanol–water partition coefficient (Wildman–Crippen LogP) is 3.43. The van der Waals surface area contributed by atoms with E-state index in [1.807, 2.05) is 11.3 Å². The molecule has 2 aromatic carbocycles. The highest BCUT2D eigenvalue weighted by atomic mass is 32.1. The van der Waals surface area contributed by atoms with E-state index >= 15 is 0 Å². The van der Waals surface area contributed by atoms with Crippen molar-refractivity contribution in [1.82, 2.24) is 10.2 Å². The Morgan fingerprint density at radius 3 is 2.33 bits per heavy atom. The molecule has 0 saturated carbocycles. The normalized spacial score (nSPS) is 13.5. The molecule has 30 heavy (non-hydrogen) atoms. The Kier molecular flexibility index (Phi) is 6.11. The maximum atomic E-state index is 12.4. The van der Waals surface area contributed by atoms with E-state index in [9.17, 15) is 9.59 Å². The van der Waals surface area contributed by atoms with Crippen molar-refractivity contribution in [3.63, 3.8) is 0 Å². The molecule has 1 aliphatic heterocycles. The molecule has 3 aromatic rings. The number of nitrogens with one attached hydrogen (secondary N) is 1. The molecule has 4 rings (SSSR count). The van der Waals surface area contributed by atoms with Crippen LogP contribution in [0.25, 0.3) is 0 Å². The Morgan fingerprint density at radius 2 is 1.67 bits per heavy atom. The van der Waals surface area contributed by atoms with E-state index in [0.717, 1.165) is 26.1 Å². The summed E-state index contributed by atoms with van der Waals surface area (Å²) in [7, 11) is 0. The lowest BCUT2D eigenvalue weighted by atomic mass is 10.1. The van der Waals surface area contributed by atoms with Crippen molar-refractivity contribution in [2.45, 2.75) is 13.0 Å². The average molecular weight is 422 g/mol. The lowest BCUT2D eigenvalue weighted by Gasteiger charge is -2.26. The molecule has 7 heteroatoms. The van der Waals surface area contributed by atoms with Gasteiger partial charge in [0.15, 0.2) is 0 Å². The fraction of sp³-hybridized carbons (Fsp3) is 0.217. The average Bonchev–Trinajstić information content (AvgIpc) is 3.22. The Labute approximate surface area is 179 Å². The van der Waals surface area contributed by atoms with Crippen molar-refractivity contribution in [3.05, 3.63) is 81.5 Å². The monoisotopic (exact) mass is 421 g/mol. The number of nitrogens with two attached hydrogens (primary N) is 1. The summed E-state index contributed by atoms with van der Waals surface area (Å²) in [6.45, 7) is 3.45. The molecule has 0 unspecified atom stereocenters. The summed E-state index contributed by atoms with van der Waals surface area (Å²) >= 11 is 1.83. The maximum absolute atomic E-state index is 12.4. The van der Waals surface area contributed by atoms with Crippen LogP contribution < -0.4 is 15.8 Å². The minimum absolute atomic E-state index is 0.0967. The molecule has 0 bridgehead atoms. The zero-order valence-electron chi connectivity index (χ0n) is 16.5. The Bertz CT molecular complexity index is 1030. The number of benzene rings is 2. The van der Waals surface area contributed by atoms with E-state index in [1.165, 1.54) is 10.4 Å². The number of carbonyl (C=O) groups is 2. The van der Waals surface area contributed by atoms with Crippen molar-refractivity contribution in [2.75, 3.05) is 19.6 Å². The number of hydrogen-bond donors (Lipinski definition) is 2. The van der Waals surface area contributed by atoms with Gasteiger partial charge in [0.2, 0.25) is 5.91 Å². The van der Waals surface area contributed by atoms with Crippen LogP contribution in [0.3, 0.4) is 0 Å². The van der Waals surface area contributed by atoms with Crippen LogP contribution in [-0.2, 0) is 13.0 Å². The highest BCUT2D eigenvalue weighted by Gasteiger charge is 2.17. The zero-order valence-corrected chi connectivity index (χ0v) is 17.3. The Hall–Kier alpha value is -3.16. The smallest absolute Gasteiger partial charge is 0.251 e. The highest BCUT2D eigenvalue weighted by molar-refractivity contribution is 7.10.